The summed E-state index contributed by atoms with van der Waals surface area (Å²) in [4.78, 5) is 11.3. The van der Waals surface area contributed by atoms with E-state index in [4.69, 9.17) is 0 Å². The summed E-state index contributed by atoms with van der Waals surface area (Å²) in [6, 6.07) is 9.22. The summed E-state index contributed by atoms with van der Waals surface area (Å²) < 4.78 is 0. The van der Waals surface area contributed by atoms with Crippen molar-refractivity contribution >= 4 is 31.7 Å². The average Bonchev–Trinajstić information content (AvgIpc) is 2.18. The van der Waals surface area contributed by atoms with Gasteiger partial charge in [0.15, 0.2) is 5.78 Å². The van der Waals surface area contributed by atoms with E-state index in [2.05, 4.69) is 37.9 Å². The number of thiol groups is 1. The van der Waals surface area contributed by atoms with Gasteiger partial charge in [-0.2, -0.15) is 12.6 Å². The second-order valence-electron chi connectivity index (χ2n) is 4.49. The molecule has 0 aliphatic heterocycles. The SMILES string of the molecule is CC(=O)c1cccc([Si](C)(C)CCS)c1. The number of rotatable bonds is 4. The summed E-state index contributed by atoms with van der Waals surface area (Å²) in [6.45, 7) is 6.26. The van der Waals surface area contributed by atoms with Gasteiger partial charge in [0.1, 0.15) is 0 Å². The van der Waals surface area contributed by atoms with E-state index >= 15 is 0 Å². The molecule has 0 aromatic heterocycles. The fourth-order valence-electron chi connectivity index (χ4n) is 1.58. The molecule has 0 atom stereocenters. The third kappa shape index (κ3) is 3.21. The Morgan fingerprint density at radius 2 is 2.07 bits per heavy atom. The highest BCUT2D eigenvalue weighted by Gasteiger charge is 2.22. The van der Waals surface area contributed by atoms with Gasteiger partial charge in [-0.1, -0.05) is 42.5 Å². The molecule has 0 unspecified atom stereocenters. The van der Waals surface area contributed by atoms with Crippen LogP contribution >= 0.6 is 12.6 Å². The molecule has 0 aliphatic carbocycles. The van der Waals surface area contributed by atoms with Crippen LogP contribution < -0.4 is 5.19 Å². The molecule has 1 aromatic rings. The van der Waals surface area contributed by atoms with Crippen molar-refractivity contribution in [3.63, 3.8) is 0 Å². The highest BCUT2D eigenvalue weighted by molar-refractivity contribution is 7.80. The standard InChI is InChI=1S/C12H18OSSi/c1-10(13)11-5-4-6-12(9-11)15(2,3)8-7-14/h4-6,9,14H,7-8H2,1-3H3. The molecule has 82 valence electrons. The summed E-state index contributed by atoms with van der Waals surface area (Å²) >= 11 is 4.30. The molecule has 1 rings (SSSR count). The predicted molar refractivity (Wildman–Crippen MR) is 72.2 cm³/mol. The van der Waals surface area contributed by atoms with E-state index in [0.717, 1.165) is 17.4 Å². The van der Waals surface area contributed by atoms with Gasteiger partial charge in [-0.15, -0.1) is 0 Å². The van der Waals surface area contributed by atoms with Gasteiger partial charge in [0.05, 0.1) is 8.07 Å². The molecule has 0 spiro atoms. The predicted octanol–water partition coefficient (Wildman–Crippen LogP) is 2.73. The molecule has 0 fully saturated rings. The van der Waals surface area contributed by atoms with Crippen LogP contribution in [0.25, 0.3) is 0 Å². The Hall–Kier alpha value is -0.543. The molecule has 15 heavy (non-hydrogen) atoms. The molecule has 0 aliphatic rings. The van der Waals surface area contributed by atoms with Gasteiger partial charge in [0.2, 0.25) is 0 Å². The first-order valence-electron chi connectivity index (χ1n) is 5.20. The Kier molecular flexibility index (Phi) is 4.17. The summed E-state index contributed by atoms with van der Waals surface area (Å²) in [7, 11) is -1.39. The van der Waals surface area contributed by atoms with Crippen molar-refractivity contribution < 1.29 is 4.79 Å². The average molecular weight is 238 g/mol. The Balaban J connectivity index is 3.04. The first-order valence-corrected chi connectivity index (χ1v) is 9.03. The molecule has 1 aromatic carbocycles. The summed E-state index contributed by atoms with van der Waals surface area (Å²) in [5.41, 5.74) is 0.826. The summed E-state index contributed by atoms with van der Waals surface area (Å²) in [6.07, 6.45) is 0. The number of Topliss-reactive ketones (excluding diaryl/α,β-unsaturated/α-hetero) is 1. The topological polar surface area (TPSA) is 17.1 Å². The quantitative estimate of drug-likeness (QED) is 0.485. The lowest BCUT2D eigenvalue weighted by atomic mass is 10.2. The summed E-state index contributed by atoms with van der Waals surface area (Å²) in [5.74, 6) is 1.07. The van der Waals surface area contributed by atoms with Gasteiger partial charge < -0.3 is 0 Å². The van der Waals surface area contributed by atoms with Gasteiger partial charge in [0, 0.05) is 5.56 Å². The molecular weight excluding hydrogens is 220 g/mol. The minimum absolute atomic E-state index is 0.146. The lowest BCUT2D eigenvalue weighted by molar-refractivity contribution is 0.101. The number of ketones is 1. The van der Waals surface area contributed by atoms with E-state index in [0.29, 0.717) is 0 Å². The number of benzene rings is 1. The molecule has 1 nitrogen and oxygen atoms in total. The Morgan fingerprint density at radius 1 is 1.40 bits per heavy atom. The van der Waals surface area contributed by atoms with Gasteiger partial charge in [-0.05, 0) is 18.7 Å². The number of carbonyl (C=O) groups excluding carboxylic acids is 1. The molecule has 0 saturated heterocycles. The molecule has 0 amide bonds. The smallest absolute Gasteiger partial charge is 0.159 e. The highest BCUT2D eigenvalue weighted by atomic mass is 32.1. The molecule has 0 saturated carbocycles. The van der Waals surface area contributed by atoms with Gasteiger partial charge in [-0.25, -0.2) is 0 Å². The minimum Gasteiger partial charge on any atom is -0.295 e. The van der Waals surface area contributed by atoms with E-state index in [1.165, 1.54) is 5.19 Å². The molecule has 0 heterocycles. The van der Waals surface area contributed by atoms with Crippen LogP contribution in [0.15, 0.2) is 24.3 Å². The minimum atomic E-state index is -1.39. The van der Waals surface area contributed by atoms with E-state index < -0.39 is 8.07 Å². The van der Waals surface area contributed by atoms with Crippen LogP contribution in [-0.4, -0.2) is 19.6 Å². The number of hydrogen-bond acceptors (Lipinski definition) is 2. The molecule has 0 N–H and O–H groups in total. The maximum absolute atomic E-state index is 11.3. The molecule has 0 bridgehead atoms. The van der Waals surface area contributed by atoms with E-state index in [9.17, 15) is 4.79 Å². The van der Waals surface area contributed by atoms with Crippen LogP contribution in [0.4, 0.5) is 0 Å². The van der Waals surface area contributed by atoms with E-state index in [1.54, 1.807) is 6.92 Å². The van der Waals surface area contributed by atoms with Crippen LogP contribution in [0.5, 0.6) is 0 Å². The number of hydrogen-bond donors (Lipinski definition) is 1. The van der Waals surface area contributed by atoms with Crippen molar-refractivity contribution in [2.24, 2.45) is 0 Å². The van der Waals surface area contributed by atoms with Crippen LogP contribution in [-0.2, 0) is 0 Å². The largest absolute Gasteiger partial charge is 0.295 e. The van der Waals surface area contributed by atoms with E-state index in [1.807, 2.05) is 12.1 Å². The van der Waals surface area contributed by atoms with Crippen LogP contribution in [0.2, 0.25) is 19.1 Å². The summed E-state index contributed by atoms with van der Waals surface area (Å²) in [5, 5.41) is 1.35. The normalized spacial score (nSPS) is 11.5. The van der Waals surface area contributed by atoms with Crippen molar-refractivity contribution in [1.82, 2.24) is 0 Å². The maximum Gasteiger partial charge on any atom is 0.159 e. The Labute approximate surface area is 98.3 Å². The zero-order valence-electron chi connectivity index (χ0n) is 9.58. The van der Waals surface area contributed by atoms with Crippen molar-refractivity contribution in [2.45, 2.75) is 26.1 Å². The maximum atomic E-state index is 11.3. The van der Waals surface area contributed by atoms with E-state index in [-0.39, 0.29) is 5.78 Å². The van der Waals surface area contributed by atoms with Crippen molar-refractivity contribution in [3.8, 4) is 0 Å². The van der Waals surface area contributed by atoms with Crippen LogP contribution in [0.3, 0.4) is 0 Å². The molecule has 3 heteroatoms. The second kappa shape index (κ2) is 4.99. The van der Waals surface area contributed by atoms with Crippen LogP contribution in [0, 0.1) is 0 Å². The second-order valence-corrected chi connectivity index (χ2v) is 9.79. The van der Waals surface area contributed by atoms with Crippen molar-refractivity contribution in [1.29, 1.82) is 0 Å². The lowest BCUT2D eigenvalue weighted by Crippen LogP contribution is -2.41. The zero-order chi connectivity index (χ0) is 11.5. The third-order valence-corrected chi connectivity index (χ3v) is 6.81. The first-order chi connectivity index (χ1) is 6.97. The highest BCUT2D eigenvalue weighted by Crippen LogP contribution is 2.12. The Morgan fingerprint density at radius 3 is 2.60 bits per heavy atom. The lowest BCUT2D eigenvalue weighted by Gasteiger charge is -2.22. The van der Waals surface area contributed by atoms with Crippen molar-refractivity contribution in [2.75, 3.05) is 5.75 Å². The van der Waals surface area contributed by atoms with Crippen LogP contribution in [0.1, 0.15) is 17.3 Å². The molecule has 0 radical (unpaired) electrons. The monoisotopic (exact) mass is 238 g/mol. The van der Waals surface area contributed by atoms with Gasteiger partial charge >= 0.3 is 0 Å². The fourth-order valence-corrected chi connectivity index (χ4v) is 5.20. The fraction of sp³-hybridized carbons (Fsp3) is 0.417. The first kappa shape index (κ1) is 12.5. The number of carbonyl (C=O) groups is 1. The van der Waals surface area contributed by atoms with Gasteiger partial charge in [-0.3, -0.25) is 4.79 Å². The van der Waals surface area contributed by atoms with Crippen molar-refractivity contribution in [3.05, 3.63) is 29.8 Å². The zero-order valence-corrected chi connectivity index (χ0v) is 11.5. The van der Waals surface area contributed by atoms with Gasteiger partial charge in [0.25, 0.3) is 0 Å². The molecular formula is C12H18OSSi. The third-order valence-electron chi connectivity index (χ3n) is 2.79. The Bertz CT molecular complexity index is 360.